The number of benzene rings is 6. The zero-order chi connectivity index (χ0) is 25.1. The van der Waals surface area contributed by atoms with Crippen molar-refractivity contribution in [3.63, 3.8) is 0 Å². The van der Waals surface area contributed by atoms with Crippen molar-refractivity contribution >= 4 is 42.3 Å². The molecule has 1 heteroatoms. The molecule has 1 aliphatic rings. The molecule has 1 aliphatic carbocycles. The van der Waals surface area contributed by atoms with Crippen LogP contribution >= 0.6 is 11.3 Å². The summed E-state index contributed by atoms with van der Waals surface area (Å²) in [6.45, 7) is 0. The molecule has 6 aromatic carbocycles. The number of hydrogen-bond acceptors (Lipinski definition) is 1. The van der Waals surface area contributed by atoms with Crippen LogP contribution < -0.4 is 0 Å². The van der Waals surface area contributed by atoms with Gasteiger partial charge < -0.3 is 0 Å². The molecule has 0 nitrogen and oxygen atoms in total. The molecule has 8 rings (SSSR count). The summed E-state index contributed by atoms with van der Waals surface area (Å²) in [6, 6.07) is 47.4. The van der Waals surface area contributed by atoms with Crippen LogP contribution in [0.4, 0.5) is 0 Å². The fraction of sp³-hybridized carbons (Fsp3) is 0.0811. The lowest BCUT2D eigenvalue weighted by Crippen LogP contribution is -2.02. The normalized spacial score (nSPS) is 14.9. The van der Waals surface area contributed by atoms with Crippen LogP contribution in [0.15, 0.2) is 127 Å². The molecule has 0 radical (unpaired) electrons. The minimum atomic E-state index is 0.364. The van der Waals surface area contributed by atoms with E-state index >= 15 is 0 Å². The highest BCUT2D eigenvalue weighted by atomic mass is 32.1. The van der Waals surface area contributed by atoms with Crippen molar-refractivity contribution in [1.82, 2.24) is 0 Å². The molecule has 0 saturated carbocycles. The van der Waals surface area contributed by atoms with E-state index in [1.54, 1.807) is 0 Å². The van der Waals surface area contributed by atoms with Crippen molar-refractivity contribution in [1.29, 1.82) is 0 Å². The molecular formula is C37H26S. The zero-order valence-electron chi connectivity index (χ0n) is 21.0. The average Bonchev–Trinajstić information content (AvgIpc) is 3.25. The Hall–Kier alpha value is -4.20. The highest BCUT2D eigenvalue weighted by Gasteiger charge is 2.26. The molecular weight excluding hydrogens is 476 g/mol. The molecule has 0 aliphatic heterocycles. The smallest absolute Gasteiger partial charge is 0.0362 e. The number of rotatable bonds is 2. The molecule has 180 valence electrons. The monoisotopic (exact) mass is 502 g/mol. The second-order valence-corrected chi connectivity index (χ2v) is 11.5. The van der Waals surface area contributed by atoms with Crippen LogP contribution in [-0.4, -0.2) is 0 Å². The Morgan fingerprint density at radius 1 is 0.579 bits per heavy atom. The molecule has 0 bridgehead atoms. The van der Waals surface area contributed by atoms with Gasteiger partial charge in [-0.15, -0.1) is 11.3 Å². The van der Waals surface area contributed by atoms with E-state index in [0.29, 0.717) is 5.92 Å². The standard InChI is InChI=1S/C37H26S/c1-2-9-24(10-3-1)26-13-8-14-29(21-26)30-19-17-25-18-20-34-37(36(25)32-16-7-6-15-31(30)32)33-22-27-11-4-5-12-28(27)23-35(33)38-34/h1-16,18,20-23,30H,17,19H2. The number of thiophene rings is 1. The third kappa shape index (κ3) is 3.43. The Bertz CT molecular complexity index is 1980. The quantitative estimate of drug-likeness (QED) is 0.220. The Labute approximate surface area is 226 Å². The first kappa shape index (κ1) is 21.8. The first-order chi connectivity index (χ1) is 18.8. The zero-order valence-corrected chi connectivity index (χ0v) is 21.8. The predicted molar refractivity (Wildman–Crippen MR) is 164 cm³/mol. The maximum Gasteiger partial charge on any atom is 0.0362 e. The molecule has 7 aromatic rings. The van der Waals surface area contributed by atoms with Gasteiger partial charge in [-0.1, -0.05) is 109 Å². The summed E-state index contributed by atoms with van der Waals surface area (Å²) < 4.78 is 2.76. The maximum atomic E-state index is 2.41. The molecule has 1 aromatic heterocycles. The first-order valence-electron chi connectivity index (χ1n) is 13.4. The number of fused-ring (bicyclic) bond motifs is 8. The molecule has 0 saturated heterocycles. The van der Waals surface area contributed by atoms with Gasteiger partial charge in [-0.3, -0.25) is 0 Å². The van der Waals surface area contributed by atoms with Crippen LogP contribution in [-0.2, 0) is 6.42 Å². The largest absolute Gasteiger partial charge is 0.135 e. The lowest BCUT2D eigenvalue weighted by Gasteiger charge is -2.19. The van der Waals surface area contributed by atoms with Crippen molar-refractivity contribution in [2.45, 2.75) is 18.8 Å². The lowest BCUT2D eigenvalue weighted by atomic mass is 9.84. The Kier molecular flexibility index (Phi) is 4.99. The molecule has 1 atom stereocenters. The van der Waals surface area contributed by atoms with Gasteiger partial charge in [-0.2, -0.15) is 0 Å². The van der Waals surface area contributed by atoms with E-state index in [1.165, 1.54) is 69.9 Å². The van der Waals surface area contributed by atoms with Crippen LogP contribution in [0.25, 0.3) is 53.2 Å². The topological polar surface area (TPSA) is 0 Å². The molecule has 0 amide bonds. The Balaban J connectivity index is 1.35. The van der Waals surface area contributed by atoms with E-state index in [2.05, 4.69) is 127 Å². The van der Waals surface area contributed by atoms with Gasteiger partial charge in [0, 0.05) is 26.1 Å². The summed E-state index contributed by atoms with van der Waals surface area (Å²) in [5.41, 5.74) is 9.74. The highest BCUT2D eigenvalue weighted by Crippen LogP contribution is 2.48. The number of aryl methyl sites for hydroxylation is 1. The highest BCUT2D eigenvalue weighted by molar-refractivity contribution is 7.26. The third-order valence-corrected chi connectivity index (χ3v) is 9.41. The van der Waals surface area contributed by atoms with E-state index in [4.69, 9.17) is 0 Å². The fourth-order valence-electron chi connectivity index (χ4n) is 6.51. The summed E-state index contributed by atoms with van der Waals surface area (Å²) in [5, 5.41) is 5.45. The van der Waals surface area contributed by atoms with Crippen molar-refractivity contribution in [2.24, 2.45) is 0 Å². The molecule has 0 fully saturated rings. The van der Waals surface area contributed by atoms with Crippen LogP contribution in [0.2, 0.25) is 0 Å². The number of hydrogen-bond donors (Lipinski definition) is 0. The van der Waals surface area contributed by atoms with Gasteiger partial charge in [0.1, 0.15) is 0 Å². The predicted octanol–water partition coefficient (Wildman–Crippen LogP) is 10.6. The van der Waals surface area contributed by atoms with Crippen LogP contribution in [0.1, 0.15) is 29.0 Å². The second-order valence-electron chi connectivity index (χ2n) is 10.4. The summed E-state index contributed by atoms with van der Waals surface area (Å²) >= 11 is 1.93. The summed E-state index contributed by atoms with van der Waals surface area (Å²) in [4.78, 5) is 0. The van der Waals surface area contributed by atoms with Gasteiger partial charge in [0.15, 0.2) is 0 Å². The van der Waals surface area contributed by atoms with E-state index in [-0.39, 0.29) is 0 Å². The molecule has 0 spiro atoms. The maximum absolute atomic E-state index is 2.41. The van der Waals surface area contributed by atoms with Crippen molar-refractivity contribution in [3.8, 4) is 22.3 Å². The van der Waals surface area contributed by atoms with Gasteiger partial charge in [-0.05, 0) is 80.8 Å². The van der Waals surface area contributed by atoms with Gasteiger partial charge in [0.05, 0.1) is 0 Å². The van der Waals surface area contributed by atoms with Gasteiger partial charge >= 0.3 is 0 Å². The van der Waals surface area contributed by atoms with Crippen LogP contribution in [0.5, 0.6) is 0 Å². The minimum Gasteiger partial charge on any atom is -0.135 e. The Morgan fingerprint density at radius 3 is 2.24 bits per heavy atom. The summed E-state index contributed by atoms with van der Waals surface area (Å²) in [7, 11) is 0. The van der Waals surface area contributed by atoms with Gasteiger partial charge in [0.25, 0.3) is 0 Å². The van der Waals surface area contributed by atoms with Crippen LogP contribution in [0, 0.1) is 0 Å². The van der Waals surface area contributed by atoms with Gasteiger partial charge in [0.2, 0.25) is 0 Å². The molecule has 38 heavy (non-hydrogen) atoms. The Morgan fingerprint density at radius 2 is 1.34 bits per heavy atom. The van der Waals surface area contributed by atoms with E-state index in [9.17, 15) is 0 Å². The average molecular weight is 503 g/mol. The molecule has 1 heterocycles. The lowest BCUT2D eigenvalue weighted by molar-refractivity contribution is 0.726. The van der Waals surface area contributed by atoms with Crippen LogP contribution in [0.3, 0.4) is 0 Å². The van der Waals surface area contributed by atoms with Crippen molar-refractivity contribution in [2.75, 3.05) is 0 Å². The SMILES string of the molecule is c1ccc(-c2cccc(C3CCc4ccc5sc6cc7ccccc7cc6c5c4-c4ccccc43)c2)cc1. The van der Waals surface area contributed by atoms with Crippen molar-refractivity contribution in [3.05, 3.63) is 144 Å². The molecule has 1 unspecified atom stereocenters. The first-order valence-corrected chi connectivity index (χ1v) is 14.3. The second kappa shape index (κ2) is 8.68. The molecule has 0 N–H and O–H groups in total. The fourth-order valence-corrected chi connectivity index (χ4v) is 7.65. The van der Waals surface area contributed by atoms with E-state index in [1.807, 2.05) is 11.3 Å². The van der Waals surface area contributed by atoms with E-state index < -0.39 is 0 Å². The summed E-state index contributed by atoms with van der Waals surface area (Å²) in [5.74, 6) is 0.364. The minimum absolute atomic E-state index is 0.364. The third-order valence-electron chi connectivity index (χ3n) is 8.29. The van der Waals surface area contributed by atoms with E-state index in [0.717, 1.165) is 12.8 Å². The summed E-state index contributed by atoms with van der Waals surface area (Å²) in [6.07, 6.45) is 2.18. The van der Waals surface area contributed by atoms with Gasteiger partial charge in [-0.25, -0.2) is 0 Å². The van der Waals surface area contributed by atoms with Crippen molar-refractivity contribution < 1.29 is 0 Å².